The number of rotatable bonds is 4. The van der Waals surface area contributed by atoms with E-state index in [0.29, 0.717) is 22.2 Å². The van der Waals surface area contributed by atoms with E-state index in [9.17, 15) is 9.59 Å². The lowest BCUT2D eigenvalue weighted by molar-refractivity contribution is 0.0931. The van der Waals surface area contributed by atoms with Gasteiger partial charge in [0.2, 0.25) is 0 Å². The van der Waals surface area contributed by atoms with Crippen molar-refractivity contribution in [3.8, 4) is 5.69 Å². The second kappa shape index (κ2) is 7.57. The Labute approximate surface area is 177 Å². The molecule has 0 saturated carbocycles. The van der Waals surface area contributed by atoms with Gasteiger partial charge in [0, 0.05) is 10.8 Å². The van der Waals surface area contributed by atoms with Gasteiger partial charge in [-0.15, -0.1) is 0 Å². The first-order valence-electron chi connectivity index (χ1n) is 9.98. The first-order chi connectivity index (χ1) is 15.1. The number of benzene rings is 3. The zero-order chi connectivity index (χ0) is 21.4. The molecule has 2 aromatic heterocycles. The quantitative estimate of drug-likeness (QED) is 0.470. The fourth-order valence-electron chi connectivity index (χ4n) is 3.65. The number of hydrogen-bond acceptors (Lipinski definition) is 4. The summed E-state index contributed by atoms with van der Waals surface area (Å²) in [4.78, 5) is 26.2. The van der Waals surface area contributed by atoms with Crippen LogP contribution < -0.4 is 10.9 Å². The molecular formula is C25H19N3O3. The van der Waals surface area contributed by atoms with E-state index >= 15 is 0 Å². The second-order valence-corrected chi connectivity index (χ2v) is 7.33. The van der Waals surface area contributed by atoms with Gasteiger partial charge in [0.25, 0.3) is 11.5 Å². The number of furan rings is 1. The molecule has 0 unspecified atom stereocenters. The van der Waals surface area contributed by atoms with Crippen molar-refractivity contribution in [2.24, 2.45) is 0 Å². The predicted molar refractivity (Wildman–Crippen MR) is 119 cm³/mol. The van der Waals surface area contributed by atoms with Gasteiger partial charge in [-0.25, -0.2) is 0 Å². The molecule has 6 nitrogen and oxygen atoms in total. The summed E-state index contributed by atoms with van der Waals surface area (Å²) in [6.07, 6.45) is 0. The molecule has 0 spiro atoms. The lowest BCUT2D eigenvalue weighted by Crippen LogP contribution is -2.31. The molecule has 0 bridgehead atoms. The molecular weight excluding hydrogens is 390 g/mol. The van der Waals surface area contributed by atoms with Crippen LogP contribution in [0.5, 0.6) is 0 Å². The number of para-hydroxylation sites is 2. The zero-order valence-corrected chi connectivity index (χ0v) is 16.8. The number of carbonyl (C=O) groups is 1. The van der Waals surface area contributed by atoms with Gasteiger partial charge in [0.05, 0.1) is 17.1 Å². The summed E-state index contributed by atoms with van der Waals surface area (Å²) in [5.74, 6) is 0.268. The van der Waals surface area contributed by atoms with E-state index in [2.05, 4.69) is 10.4 Å². The van der Waals surface area contributed by atoms with Gasteiger partial charge in [0.15, 0.2) is 5.69 Å². The third kappa shape index (κ3) is 3.38. The summed E-state index contributed by atoms with van der Waals surface area (Å²) < 4.78 is 7.14. The largest absolute Gasteiger partial charge is 0.459 e. The molecule has 6 heteroatoms. The molecule has 1 atom stereocenters. The van der Waals surface area contributed by atoms with Crippen molar-refractivity contribution in [1.29, 1.82) is 0 Å². The van der Waals surface area contributed by atoms with Crippen LogP contribution in [0.2, 0.25) is 0 Å². The normalized spacial score (nSPS) is 12.2. The maximum Gasteiger partial charge on any atom is 0.279 e. The highest BCUT2D eigenvalue weighted by molar-refractivity contribution is 6.05. The van der Waals surface area contributed by atoms with Crippen LogP contribution in [0.4, 0.5) is 0 Å². The van der Waals surface area contributed by atoms with Crippen LogP contribution in [0.1, 0.15) is 29.2 Å². The maximum absolute atomic E-state index is 13.2. The highest BCUT2D eigenvalue weighted by Gasteiger charge is 2.21. The third-order valence-electron chi connectivity index (χ3n) is 5.24. The van der Waals surface area contributed by atoms with Crippen molar-refractivity contribution in [2.75, 3.05) is 0 Å². The van der Waals surface area contributed by atoms with Gasteiger partial charge >= 0.3 is 0 Å². The zero-order valence-electron chi connectivity index (χ0n) is 16.8. The van der Waals surface area contributed by atoms with Gasteiger partial charge in [-0.05, 0) is 37.3 Å². The molecule has 2 heterocycles. The van der Waals surface area contributed by atoms with Crippen LogP contribution in [0.25, 0.3) is 27.4 Å². The smallest absolute Gasteiger partial charge is 0.279 e. The van der Waals surface area contributed by atoms with Crippen LogP contribution in [0.15, 0.2) is 94.1 Å². The van der Waals surface area contributed by atoms with Gasteiger partial charge < -0.3 is 9.73 Å². The van der Waals surface area contributed by atoms with Crippen LogP contribution in [-0.2, 0) is 0 Å². The number of fused-ring (bicyclic) bond motifs is 2. The van der Waals surface area contributed by atoms with Crippen LogP contribution in [0, 0.1) is 0 Å². The maximum atomic E-state index is 13.2. The fourth-order valence-corrected chi connectivity index (χ4v) is 3.65. The Morgan fingerprint density at radius 2 is 1.61 bits per heavy atom. The summed E-state index contributed by atoms with van der Waals surface area (Å²) >= 11 is 0. The SMILES string of the molecule is C[C@@H](NC(=O)c1nn(-c2ccccc2)c(=O)c2ccccc12)c1cc2ccccc2o1. The Hall–Kier alpha value is -4.19. The number of nitrogens with zero attached hydrogens (tertiary/aromatic N) is 2. The van der Waals surface area contributed by atoms with Gasteiger partial charge in [0.1, 0.15) is 11.3 Å². The molecule has 1 N–H and O–H groups in total. The minimum atomic E-state index is -0.381. The monoisotopic (exact) mass is 409 g/mol. The van der Waals surface area contributed by atoms with E-state index in [1.807, 2.05) is 55.5 Å². The topological polar surface area (TPSA) is 77.1 Å². The van der Waals surface area contributed by atoms with Crippen LogP contribution in [-0.4, -0.2) is 15.7 Å². The van der Waals surface area contributed by atoms with Crippen molar-refractivity contribution in [3.05, 3.63) is 107 Å². The number of hydrogen-bond donors (Lipinski definition) is 1. The lowest BCUT2D eigenvalue weighted by Gasteiger charge is -2.14. The van der Waals surface area contributed by atoms with E-state index in [1.165, 1.54) is 4.68 Å². The van der Waals surface area contributed by atoms with E-state index in [4.69, 9.17) is 4.42 Å². The summed E-state index contributed by atoms with van der Waals surface area (Å²) in [7, 11) is 0. The summed E-state index contributed by atoms with van der Waals surface area (Å²) in [6, 6.07) is 25.3. The summed E-state index contributed by atoms with van der Waals surface area (Å²) in [5.41, 5.74) is 1.27. The molecule has 0 fully saturated rings. The average Bonchev–Trinajstić information content (AvgIpc) is 3.25. The highest BCUT2D eigenvalue weighted by Crippen LogP contribution is 2.24. The molecule has 0 aliphatic rings. The van der Waals surface area contributed by atoms with Crippen molar-refractivity contribution < 1.29 is 9.21 Å². The Morgan fingerprint density at radius 3 is 2.39 bits per heavy atom. The molecule has 5 rings (SSSR count). The average molecular weight is 409 g/mol. The van der Waals surface area contributed by atoms with Gasteiger partial charge in [-0.2, -0.15) is 9.78 Å². The summed E-state index contributed by atoms with van der Waals surface area (Å²) in [6.45, 7) is 1.85. The predicted octanol–water partition coefficient (Wildman–Crippen LogP) is 4.62. The van der Waals surface area contributed by atoms with Gasteiger partial charge in [-0.3, -0.25) is 9.59 Å². The second-order valence-electron chi connectivity index (χ2n) is 7.33. The van der Waals surface area contributed by atoms with Crippen LogP contribution in [0.3, 0.4) is 0 Å². The molecule has 0 saturated heterocycles. The molecule has 1 amide bonds. The highest BCUT2D eigenvalue weighted by atomic mass is 16.3. The van der Waals surface area contributed by atoms with Gasteiger partial charge in [-0.1, -0.05) is 54.6 Å². The van der Waals surface area contributed by atoms with Crippen molar-refractivity contribution >= 4 is 27.6 Å². The third-order valence-corrected chi connectivity index (χ3v) is 5.24. The fraction of sp³-hybridized carbons (Fsp3) is 0.0800. The first-order valence-corrected chi connectivity index (χ1v) is 9.98. The molecule has 5 aromatic rings. The Balaban J connectivity index is 1.56. The lowest BCUT2D eigenvalue weighted by atomic mass is 10.1. The first kappa shape index (κ1) is 18.8. The number of amides is 1. The standard InChI is InChI=1S/C25H19N3O3/c1-16(22-15-17-9-5-8-14-21(17)31-22)26-24(29)23-19-12-6-7-13-20(19)25(30)28(27-23)18-10-3-2-4-11-18/h2-16H,1H3,(H,26,29)/t16-/m1/s1. The van der Waals surface area contributed by atoms with E-state index in [0.717, 1.165) is 11.0 Å². The number of aromatic nitrogens is 2. The van der Waals surface area contributed by atoms with E-state index in [1.54, 1.807) is 36.4 Å². The summed E-state index contributed by atoms with van der Waals surface area (Å²) in [5, 5.41) is 9.29. The Bertz CT molecular complexity index is 1440. The van der Waals surface area contributed by atoms with Crippen LogP contribution >= 0.6 is 0 Å². The number of nitrogens with one attached hydrogen (secondary N) is 1. The molecule has 0 aliphatic heterocycles. The minimum Gasteiger partial charge on any atom is -0.459 e. The van der Waals surface area contributed by atoms with E-state index < -0.39 is 0 Å². The molecule has 3 aromatic carbocycles. The van der Waals surface area contributed by atoms with Crippen molar-refractivity contribution in [1.82, 2.24) is 15.1 Å². The Morgan fingerprint density at radius 1 is 0.935 bits per heavy atom. The number of carbonyl (C=O) groups excluding carboxylic acids is 1. The molecule has 152 valence electrons. The molecule has 0 radical (unpaired) electrons. The van der Waals surface area contributed by atoms with Crippen molar-refractivity contribution in [2.45, 2.75) is 13.0 Å². The van der Waals surface area contributed by atoms with E-state index in [-0.39, 0.29) is 23.2 Å². The molecule has 0 aliphatic carbocycles. The van der Waals surface area contributed by atoms with Crippen molar-refractivity contribution in [3.63, 3.8) is 0 Å². The molecule has 31 heavy (non-hydrogen) atoms. The Kier molecular flexibility index (Phi) is 4.59. The minimum absolute atomic E-state index is 0.182.